The third-order valence-electron chi connectivity index (χ3n) is 3.54. The second-order valence-corrected chi connectivity index (χ2v) is 5.20. The normalized spacial score (nSPS) is 20.3. The van der Waals surface area contributed by atoms with Crippen LogP contribution in [0.5, 0.6) is 0 Å². The highest BCUT2D eigenvalue weighted by Crippen LogP contribution is 2.30. The number of carbonyl (C=O) groups excluding carboxylic acids is 2. The molecule has 0 aromatic carbocycles. The standard InChI is InChI=1S/C14H19N3O2/c15-8-5-13(18)16-12-6-9-17(10-7-12)14(19)4-3-11-1-2-11/h3-4,11-12H,1-2,5-7,9-10H2,(H,16,18)/b4-3+. The van der Waals surface area contributed by atoms with Crippen LogP contribution < -0.4 is 5.32 Å². The zero-order chi connectivity index (χ0) is 13.7. The number of nitriles is 1. The third-order valence-corrected chi connectivity index (χ3v) is 3.54. The van der Waals surface area contributed by atoms with Crippen molar-refractivity contribution in [3.05, 3.63) is 12.2 Å². The Morgan fingerprint density at radius 2 is 1.95 bits per heavy atom. The Hall–Kier alpha value is -1.83. The quantitative estimate of drug-likeness (QED) is 0.766. The monoisotopic (exact) mass is 261 g/mol. The molecule has 2 fully saturated rings. The molecule has 1 heterocycles. The van der Waals surface area contributed by atoms with Crippen molar-refractivity contribution >= 4 is 11.8 Å². The van der Waals surface area contributed by atoms with E-state index in [4.69, 9.17) is 5.26 Å². The Morgan fingerprint density at radius 1 is 1.26 bits per heavy atom. The topological polar surface area (TPSA) is 73.2 Å². The first-order chi connectivity index (χ1) is 9.19. The Bertz CT molecular complexity index is 413. The molecule has 1 saturated heterocycles. The highest BCUT2D eigenvalue weighted by atomic mass is 16.2. The average molecular weight is 261 g/mol. The van der Waals surface area contributed by atoms with Gasteiger partial charge in [0.2, 0.25) is 11.8 Å². The minimum absolute atomic E-state index is 0.0775. The second kappa shape index (κ2) is 6.37. The highest BCUT2D eigenvalue weighted by molar-refractivity contribution is 5.87. The van der Waals surface area contributed by atoms with Crippen molar-refractivity contribution in [3.63, 3.8) is 0 Å². The number of allylic oxidation sites excluding steroid dienone is 1. The molecule has 0 aromatic rings. The molecular weight excluding hydrogens is 242 g/mol. The number of hydrogen-bond acceptors (Lipinski definition) is 3. The molecule has 0 spiro atoms. The maximum atomic E-state index is 11.9. The van der Waals surface area contributed by atoms with E-state index in [0.29, 0.717) is 19.0 Å². The summed E-state index contributed by atoms with van der Waals surface area (Å²) in [6.07, 6.45) is 7.53. The first-order valence-electron chi connectivity index (χ1n) is 6.82. The predicted molar refractivity (Wildman–Crippen MR) is 69.8 cm³/mol. The second-order valence-electron chi connectivity index (χ2n) is 5.20. The lowest BCUT2D eigenvalue weighted by molar-refractivity contribution is -0.127. The Labute approximate surface area is 113 Å². The third kappa shape index (κ3) is 4.40. The highest BCUT2D eigenvalue weighted by Gasteiger charge is 2.23. The summed E-state index contributed by atoms with van der Waals surface area (Å²) < 4.78 is 0. The van der Waals surface area contributed by atoms with Crippen molar-refractivity contribution < 1.29 is 9.59 Å². The molecular formula is C14H19N3O2. The van der Waals surface area contributed by atoms with Gasteiger partial charge in [0.15, 0.2) is 0 Å². The first-order valence-corrected chi connectivity index (χ1v) is 6.82. The smallest absolute Gasteiger partial charge is 0.246 e. The molecule has 0 bridgehead atoms. The molecule has 2 rings (SSSR count). The zero-order valence-corrected chi connectivity index (χ0v) is 11.0. The number of piperidine rings is 1. The van der Waals surface area contributed by atoms with E-state index in [1.165, 1.54) is 12.8 Å². The predicted octanol–water partition coefficient (Wildman–Crippen LogP) is 0.973. The Kier molecular flexibility index (Phi) is 4.56. The van der Waals surface area contributed by atoms with Crippen LogP contribution in [0.2, 0.25) is 0 Å². The molecule has 0 atom stereocenters. The summed E-state index contributed by atoms with van der Waals surface area (Å²) >= 11 is 0. The lowest BCUT2D eigenvalue weighted by atomic mass is 10.0. The number of nitrogens with zero attached hydrogens (tertiary/aromatic N) is 2. The minimum atomic E-state index is -0.221. The van der Waals surface area contributed by atoms with Crippen LogP contribution in [0.1, 0.15) is 32.1 Å². The fraction of sp³-hybridized carbons (Fsp3) is 0.643. The van der Waals surface area contributed by atoms with Gasteiger partial charge < -0.3 is 10.2 Å². The molecule has 19 heavy (non-hydrogen) atoms. The fourth-order valence-corrected chi connectivity index (χ4v) is 2.21. The molecule has 1 aliphatic carbocycles. The number of likely N-dealkylation sites (tertiary alicyclic amines) is 1. The van der Waals surface area contributed by atoms with Gasteiger partial charge in [-0.3, -0.25) is 9.59 Å². The van der Waals surface area contributed by atoms with Gasteiger partial charge in [0.05, 0.1) is 6.07 Å². The van der Waals surface area contributed by atoms with Gasteiger partial charge in [-0.15, -0.1) is 0 Å². The summed E-state index contributed by atoms with van der Waals surface area (Å²) in [5.74, 6) is 0.473. The number of amides is 2. The van der Waals surface area contributed by atoms with Crippen LogP contribution in [0, 0.1) is 17.2 Å². The van der Waals surface area contributed by atoms with Crippen LogP contribution in [0.3, 0.4) is 0 Å². The summed E-state index contributed by atoms with van der Waals surface area (Å²) in [6, 6.07) is 1.93. The number of rotatable bonds is 4. The summed E-state index contributed by atoms with van der Waals surface area (Å²) in [4.78, 5) is 25.0. The van der Waals surface area contributed by atoms with Gasteiger partial charge in [-0.1, -0.05) is 6.08 Å². The lowest BCUT2D eigenvalue weighted by Gasteiger charge is -2.31. The van der Waals surface area contributed by atoms with Crippen molar-refractivity contribution in [2.45, 2.75) is 38.1 Å². The SMILES string of the molecule is N#CCC(=O)NC1CCN(C(=O)/C=C/C2CC2)CC1. The Morgan fingerprint density at radius 3 is 2.53 bits per heavy atom. The summed E-state index contributed by atoms with van der Waals surface area (Å²) in [5.41, 5.74) is 0. The van der Waals surface area contributed by atoms with Crippen LogP contribution in [0.15, 0.2) is 12.2 Å². The van der Waals surface area contributed by atoms with E-state index in [1.54, 1.807) is 6.08 Å². The van der Waals surface area contributed by atoms with E-state index < -0.39 is 0 Å². The van der Waals surface area contributed by atoms with Crippen molar-refractivity contribution in [1.29, 1.82) is 5.26 Å². The number of carbonyl (C=O) groups is 2. The molecule has 1 aliphatic heterocycles. The zero-order valence-electron chi connectivity index (χ0n) is 11.0. The Balaban J connectivity index is 1.71. The van der Waals surface area contributed by atoms with E-state index in [1.807, 2.05) is 17.0 Å². The molecule has 5 heteroatoms. The number of nitrogens with one attached hydrogen (secondary N) is 1. The van der Waals surface area contributed by atoms with Gasteiger partial charge in [-0.25, -0.2) is 0 Å². The van der Waals surface area contributed by atoms with Crippen molar-refractivity contribution in [3.8, 4) is 6.07 Å². The van der Waals surface area contributed by atoms with Crippen LogP contribution in [-0.2, 0) is 9.59 Å². The average Bonchev–Trinajstić information content (AvgIpc) is 3.21. The molecule has 2 aliphatic rings. The van der Waals surface area contributed by atoms with Gasteiger partial charge >= 0.3 is 0 Å². The van der Waals surface area contributed by atoms with E-state index >= 15 is 0 Å². The molecule has 1 N–H and O–H groups in total. The van der Waals surface area contributed by atoms with Crippen LogP contribution >= 0.6 is 0 Å². The maximum absolute atomic E-state index is 11.9. The van der Waals surface area contributed by atoms with E-state index in [9.17, 15) is 9.59 Å². The van der Waals surface area contributed by atoms with Gasteiger partial charge in [0.1, 0.15) is 6.42 Å². The van der Waals surface area contributed by atoms with E-state index in [-0.39, 0.29) is 24.3 Å². The van der Waals surface area contributed by atoms with Crippen LogP contribution in [0.25, 0.3) is 0 Å². The van der Waals surface area contributed by atoms with Crippen LogP contribution in [0.4, 0.5) is 0 Å². The maximum Gasteiger partial charge on any atom is 0.246 e. The van der Waals surface area contributed by atoms with Gasteiger partial charge in [-0.05, 0) is 37.7 Å². The molecule has 2 amide bonds. The van der Waals surface area contributed by atoms with Crippen molar-refractivity contribution in [2.75, 3.05) is 13.1 Å². The minimum Gasteiger partial charge on any atom is -0.352 e. The lowest BCUT2D eigenvalue weighted by Crippen LogP contribution is -2.46. The largest absolute Gasteiger partial charge is 0.352 e. The molecule has 102 valence electrons. The summed E-state index contributed by atoms with van der Waals surface area (Å²) in [6.45, 7) is 1.34. The summed E-state index contributed by atoms with van der Waals surface area (Å²) in [7, 11) is 0. The van der Waals surface area contributed by atoms with E-state index in [2.05, 4.69) is 5.32 Å². The summed E-state index contributed by atoms with van der Waals surface area (Å²) in [5, 5.41) is 11.2. The first kappa shape index (κ1) is 13.6. The molecule has 1 saturated carbocycles. The number of hydrogen-bond donors (Lipinski definition) is 1. The van der Waals surface area contributed by atoms with Crippen molar-refractivity contribution in [1.82, 2.24) is 10.2 Å². The fourth-order valence-electron chi connectivity index (χ4n) is 2.21. The molecule has 5 nitrogen and oxygen atoms in total. The molecule has 0 aromatic heterocycles. The van der Waals surface area contributed by atoms with Gasteiger partial charge in [-0.2, -0.15) is 5.26 Å². The van der Waals surface area contributed by atoms with Gasteiger partial charge in [0.25, 0.3) is 0 Å². The van der Waals surface area contributed by atoms with Crippen LogP contribution in [-0.4, -0.2) is 35.8 Å². The molecule has 0 unspecified atom stereocenters. The van der Waals surface area contributed by atoms with E-state index in [0.717, 1.165) is 12.8 Å². The van der Waals surface area contributed by atoms with Crippen molar-refractivity contribution in [2.24, 2.45) is 5.92 Å². The molecule has 0 radical (unpaired) electrons. The van der Waals surface area contributed by atoms with Gasteiger partial charge in [0, 0.05) is 19.1 Å².